The standard InChI is InChI=1S/C29H37FN4O3/c30-25-12-10-21(19-7-8-19)16-24(25)26(17-27(35)36)33-29(37)22-5-2-14-34(18-22)15-3-6-23-11-9-20-4-1-13-31-28(20)32-23/h9-12,16,19,22,26H,1-8,13-15,17-18H2,(H,31,32)(H,33,37)(H,35,36)/t22-,26-/m1/s1. The average Bonchev–Trinajstić information content (AvgIpc) is 3.74. The highest BCUT2D eigenvalue weighted by molar-refractivity contribution is 5.80. The lowest BCUT2D eigenvalue weighted by molar-refractivity contribution is -0.138. The molecule has 2 fully saturated rings. The summed E-state index contributed by atoms with van der Waals surface area (Å²) >= 11 is 0. The molecule has 0 unspecified atom stereocenters. The third-order valence-corrected chi connectivity index (χ3v) is 7.87. The van der Waals surface area contributed by atoms with E-state index in [1.54, 1.807) is 12.1 Å². The van der Waals surface area contributed by atoms with Gasteiger partial charge in [-0.2, -0.15) is 0 Å². The van der Waals surface area contributed by atoms with Crippen LogP contribution >= 0.6 is 0 Å². The Morgan fingerprint density at radius 2 is 2.05 bits per heavy atom. The highest BCUT2D eigenvalue weighted by Gasteiger charge is 2.30. The molecule has 5 rings (SSSR count). The number of carbonyl (C=O) groups is 2. The number of carboxylic acid groups (broad SMARTS) is 1. The summed E-state index contributed by atoms with van der Waals surface area (Å²) < 4.78 is 14.7. The number of aromatic nitrogens is 1. The van der Waals surface area contributed by atoms with Gasteiger partial charge in [-0.25, -0.2) is 9.37 Å². The summed E-state index contributed by atoms with van der Waals surface area (Å²) in [5, 5.41) is 15.7. The third-order valence-electron chi connectivity index (χ3n) is 7.87. The molecule has 0 spiro atoms. The molecule has 0 bridgehead atoms. The molecule has 7 nitrogen and oxygen atoms in total. The second-order valence-corrected chi connectivity index (χ2v) is 10.8. The monoisotopic (exact) mass is 508 g/mol. The molecular weight excluding hydrogens is 471 g/mol. The SMILES string of the molecule is O=C(O)C[C@@H](NC(=O)[C@@H]1CCCN(CCCc2ccc3c(n2)NCCC3)C1)c1cc(C2CC2)ccc1F. The number of nitrogens with zero attached hydrogens (tertiary/aromatic N) is 2. The number of anilines is 1. The number of piperidine rings is 1. The van der Waals surface area contributed by atoms with Crippen LogP contribution in [0.3, 0.4) is 0 Å². The van der Waals surface area contributed by atoms with Crippen LogP contribution in [0.4, 0.5) is 10.2 Å². The summed E-state index contributed by atoms with van der Waals surface area (Å²) in [6.07, 6.45) is 7.54. The van der Waals surface area contributed by atoms with E-state index >= 15 is 0 Å². The summed E-state index contributed by atoms with van der Waals surface area (Å²) in [6, 6.07) is 8.35. The van der Waals surface area contributed by atoms with Crippen molar-refractivity contribution in [2.75, 3.05) is 31.5 Å². The smallest absolute Gasteiger partial charge is 0.305 e. The Morgan fingerprint density at radius 3 is 2.86 bits per heavy atom. The molecule has 3 N–H and O–H groups in total. The van der Waals surface area contributed by atoms with Crippen molar-refractivity contribution < 1.29 is 19.1 Å². The molecule has 1 saturated carbocycles. The highest BCUT2D eigenvalue weighted by Crippen LogP contribution is 2.41. The normalized spacial score (nSPS) is 20.5. The minimum Gasteiger partial charge on any atom is -0.481 e. The lowest BCUT2D eigenvalue weighted by Crippen LogP contribution is -2.44. The summed E-state index contributed by atoms with van der Waals surface area (Å²) in [6.45, 7) is 3.44. The van der Waals surface area contributed by atoms with E-state index in [0.717, 1.165) is 88.1 Å². The van der Waals surface area contributed by atoms with E-state index in [-0.39, 0.29) is 23.8 Å². The van der Waals surface area contributed by atoms with Crippen molar-refractivity contribution in [2.24, 2.45) is 5.92 Å². The van der Waals surface area contributed by atoms with E-state index in [0.29, 0.717) is 12.5 Å². The molecule has 1 amide bonds. The first-order chi connectivity index (χ1) is 18.0. The zero-order chi connectivity index (χ0) is 25.8. The first-order valence-electron chi connectivity index (χ1n) is 13.7. The number of aryl methyl sites for hydroxylation is 2. The summed E-state index contributed by atoms with van der Waals surface area (Å²) in [5.74, 6) is -0.501. The molecule has 2 aromatic rings. The molecule has 3 heterocycles. The van der Waals surface area contributed by atoms with E-state index in [4.69, 9.17) is 4.98 Å². The molecule has 198 valence electrons. The lowest BCUT2D eigenvalue weighted by Gasteiger charge is -2.33. The number of benzene rings is 1. The number of nitrogens with one attached hydrogen (secondary N) is 2. The lowest BCUT2D eigenvalue weighted by atomic mass is 9.94. The number of likely N-dealkylation sites (tertiary alicyclic amines) is 1. The molecule has 2 atom stereocenters. The Hall–Kier alpha value is -3.00. The minimum atomic E-state index is -1.06. The molecule has 1 aliphatic carbocycles. The number of aliphatic carboxylic acids is 1. The van der Waals surface area contributed by atoms with E-state index in [2.05, 4.69) is 27.7 Å². The van der Waals surface area contributed by atoms with E-state index in [1.807, 2.05) is 0 Å². The van der Waals surface area contributed by atoms with Crippen molar-refractivity contribution in [1.29, 1.82) is 0 Å². The molecule has 37 heavy (non-hydrogen) atoms. The van der Waals surface area contributed by atoms with Crippen LogP contribution in [0.2, 0.25) is 0 Å². The first kappa shape index (κ1) is 25.6. The van der Waals surface area contributed by atoms with E-state index < -0.39 is 17.8 Å². The van der Waals surface area contributed by atoms with Gasteiger partial charge in [0.15, 0.2) is 0 Å². The predicted molar refractivity (Wildman–Crippen MR) is 140 cm³/mol. The maximum Gasteiger partial charge on any atom is 0.305 e. The highest BCUT2D eigenvalue weighted by atomic mass is 19.1. The van der Waals surface area contributed by atoms with Gasteiger partial charge in [0.25, 0.3) is 0 Å². The molecule has 3 aliphatic rings. The van der Waals surface area contributed by atoms with Crippen LogP contribution in [-0.4, -0.2) is 53.0 Å². The number of rotatable bonds is 10. The van der Waals surface area contributed by atoms with E-state index in [9.17, 15) is 19.1 Å². The second-order valence-electron chi connectivity index (χ2n) is 10.8. The number of fused-ring (bicyclic) bond motifs is 1. The van der Waals surface area contributed by atoms with Crippen LogP contribution < -0.4 is 10.6 Å². The summed E-state index contributed by atoms with van der Waals surface area (Å²) in [4.78, 5) is 31.9. The van der Waals surface area contributed by atoms with Gasteiger partial charge in [0.1, 0.15) is 11.6 Å². The predicted octanol–water partition coefficient (Wildman–Crippen LogP) is 4.43. The van der Waals surface area contributed by atoms with Gasteiger partial charge in [-0.3, -0.25) is 9.59 Å². The number of hydrogen-bond acceptors (Lipinski definition) is 5. The molecule has 2 aliphatic heterocycles. The molecule has 1 aromatic heterocycles. The number of carboxylic acids is 1. The van der Waals surface area contributed by atoms with Gasteiger partial charge in [0.2, 0.25) is 5.91 Å². The fourth-order valence-corrected chi connectivity index (χ4v) is 5.67. The van der Waals surface area contributed by atoms with Gasteiger partial charge in [0, 0.05) is 24.3 Å². The number of pyridine rings is 1. The maximum atomic E-state index is 14.7. The van der Waals surface area contributed by atoms with Crippen LogP contribution in [0, 0.1) is 11.7 Å². The molecule has 8 heteroatoms. The largest absolute Gasteiger partial charge is 0.481 e. The Balaban J connectivity index is 1.16. The Bertz CT molecular complexity index is 1140. The first-order valence-corrected chi connectivity index (χ1v) is 13.7. The van der Waals surface area contributed by atoms with E-state index in [1.165, 1.54) is 11.6 Å². The number of amides is 1. The van der Waals surface area contributed by atoms with Crippen molar-refractivity contribution in [2.45, 2.75) is 69.7 Å². The summed E-state index contributed by atoms with van der Waals surface area (Å²) in [7, 11) is 0. The van der Waals surface area contributed by atoms with Crippen LogP contribution in [0.5, 0.6) is 0 Å². The van der Waals surface area contributed by atoms with Crippen LogP contribution in [0.15, 0.2) is 30.3 Å². The second kappa shape index (κ2) is 11.6. The quantitative estimate of drug-likeness (QED) is 0.440. The molecule has 1 saturated heterocycles. The molecular formula is C29H37FN4O3. The average molecular weight is 509 g/mol. The molecule has 1 aromatic carbocycles. The number of halogens is 1. The maximum absolute atomic E-state index is 14.7. The minimum absolute atomic E-state index is 0.186. The van der Waals surface area contributed by atoms with Crippen molar-refractivity contribution in [3.63, 3.8) is 0 Å². The van der Waals surface area contributed by atoms with Gasteiger partial charge >= 0.3 is 5.97 Å². The van der Waals surface area contributed by atoms with Crippen LogP contribution in [-0.2, 0) is 22.4 Å². The topological polar surface area (TPSA) is 94.6 Å². The van der Waals surface area contributed by atoms with Crippen LogP contribution in [0.25, 0.3) is 0 Å². The van der Waals surface area contributed by atoms with Crippen molar-refractivity contribution >= 4 is 17.7 Å². The van der Waals surface area contributed by atoms with Gasteiger partial charge in [-0.05, 0) is 93.6 Å². The Labute approximate surface area is 217 Å². The van der Waals surface area contributed by atoms with Crippen molar-refractivity contribution in [3.8, 4) is 0 Å². The van der Waals surface area contributed by atoms with Gasteiger partial charge in [-0.1, -0.05) is 18.2 Å². The summed E-state index contributed by atoms with van der Waals surface area (Å²) in [5.41, 5.74) is 3.68. The Kier molecular flexibility index (Phi) is 8.03. The zero-order valence-corrected chi connectivity index (χ0v) is 21.3. The van der Waals surface area contributed by atoms with Crippen molar-refractivity contribution in [3.05, 3.63) is 58.5 Å². The Morgan fingerprint density at radius 1 is 1.19 bits per heavy atom. The van der Waals surface area contributed by atoms with Gasteiger partial charge < -0.3 is 20.6 Å². The fraction of sp³-hybridized carbons (Fsp3) is 0.552. The molecule has 0 radical (unpaired) electrons. The number of hydrogen-bond donors (Lipinski definition) is 3. The number of carbonyl (C=O) groups excluding carboxylic acids is 1. The van der Waals surface area contributed by atoms with Crippen LogP contribution in [0.1, 0.15) is 79.3 Å². The van der Waals surface area contributed by atoms with Crippen molar-refractivity contribution in [1.82, 2.24) is 15.2 Å². The van der Waals surface area contributed by atoms with Gasteiger partial charge in [-0.15, -0.1) is 0 Å². The fourth-order valence-electron chi connectivity index (χ4n) is 5.67. The zero-order valence-electron chi connectivity index (χ0n) is 21.3. The van der Waals surface area contributed by atoms with Gasteiger partial charge in [0.05, 0.1) is 18.4 Å². The third kappa shape index (κ3) is 6.66.